The van der Waals surface area contributed by atoms with Crippen molar-refractivity contribution in [3.8, 4) is 0 Å². The number of methoxy groups -OCH3 is 1. The molecule has 1 N–H and O–H groups in total. The molecule has 2 nitrogen and oxygen atoms in total. The van der Waals surface area contributed by atoms with Crippen molar-refractivity contribution in [1.29, 1.82) is 0 Å². The van der Waals surface area contributed by atoms with E-state index in [1.165, 1.54) is 10.6 Å². The van der Waals surface area contributed by atoms with Gasteiger partial charge < -0.3 is 10.1 Å². The highest BCUT2D eigenvalue weighted by atomic mass is 32.2. The van der Waals surface area contributed by atoms with Crippen molar-refractivity contribution in [2.24, 2.45) is 5.92 Å². The highest BCUT2D eigenvalue weighted by Crippen LogP contribution is 2.19. The molecule has 0 spiro atoms. The maximum absolute atomic E-state index is 5.09. The molecule has 0 aromatic heterocycles. The Balaban J connectivity index is 2.43. The SMILES string of the molecule is COCC(C)CNc1cccc(SC)c1. The fourth-order valence-corrected chi connectivity index (χ4v) is 1.83. The zero-order valence-corrected chi connectivity index (χ0v) is 10.4. The highest BCUT2D eigenvalue weighted by molar-refractivity contribution is 7.98. The van der Waals surface area contributed by atoms with Crippen LogP contribution in [0.2, 0.25) is 0 Å². The van der Waals surface area contributed by atoms with Gasteiger partial charge in [0.05, 0.1) is 6.61 Å². The van der Waals surface area contributed by atoms with Crippen LogP contribution < -0.4 is 5.32 Å². The highest BCUT2D eigenvalue weighted by Gasteiger charge is 2.01. The van der Waals surface area contributed by atoms with E-state index in [1.807, 2.05) is 0 Å². The quantitative estimate of drug-likeness (QED) is 0.752. The molecule has 1 atom stereocenters. The summed E-state index contributed by atoms with van der Waals surface area (Å²) in [5, 5.41) is 3.41. The number of hydrogen-bond acceptors (Lipinski definition) is 3. The molecule has 0 fully saturated rings. The van der Waals surface area contributed by atoms with E-state index in [1.54, 1.807) is 18.9 Å². The van der Waals surface area contributed by atoms with Crippen molar-refractivity contribution >= 4 is 17.4 Å². The van der Waals surface area contributed by atoms with Gasteiger partial charge in [-0.3, -0.25) is 0 Å². The first-order chi connectivity index (χ1) is 7.26. The molecule has 84 valence electrons. The van der Waals surface area contributed by atoms with E-state index in [-0.39, 0.29) is 0 Å². The minimum Gasteiger partial charge on any atom is -0.385 e. The predicted octanol–water partition coefficient (Wildman–Crippen LogP) is 3.10. The smallest absolute Gasteiger partial charge is 0.0504 e. The molecule has 0 aliphatic carbocycles. The lowest BCUT2D eigenvalue weighted by Crippen LogP contribution is -2.15. The van der Waals surface area contributed by atoms with Crippen molar-refractivity contribution in [3.05, 3.63) is 24.3 Å². The predicted molar refractivity (Wildman–Crippen MR) is 67.8 cm³/mol. The lowest BCUT2D eigenvalue weighted by molar-refractivity contribution is 0.164. The topological polar surface area (TPSA) is 21.3 Å². The van der Waals surface area contributed by atoms with E-state index < -0.39 is 0 Å². The largest absolute Gasteiger partial charge is 0.385 e. The molecule has 0 amide bonds. The third-order valence-electron chi connectivity index (χ3n) is 2.18. The summed E-state index contributed by atoms with van der Waals surface area (Å²) >= 11 is 1.76. The van der Waals surface area contributed by atoms with Gasteiger partial charge >= 0.3 is 0 Å². The van der Waals surface area contributed by atoms with Crippen molar-refractivity contribution in [3.63, 3.8) is 0 Å². The fraction of sp³-hybridized carbons (Fsp3) is 0.500. The number of rotatable bonds is 6. The summed E-state index contributed by atoms with van der Waals surface area (Å²) in [4.78, 5) is 1.29. The average Bonchev–Trinajstić information content (AvgIpc) is 2.27. The number of ether oxygens (including phenoxy) is 1. The van der Waals surface area contributed by atoms with E-state index in [9.17, 15) is 0 Å². The maximum Gasteiger partial charge on any atom is 0.0504 e. The standard InChI is InChI=1S/C12H19NOS/c1-10(9-14-2)8-13-11-5-4-6-12(7-11)15-3/h4-7,10,13H,8-9H2,1-3H3. The van der Waals surface area contributed by atoms with Crippen LogP contribution in [-0.4, -0.2) is 26.5 Å². The van der Waals surface area contributed by atoms with Gasteiger partial charge in [0.25, 0.3) is 0 Å². The Hall–Kier alpha value is -0.670. The molecule has 1 rings (SSSR count). The van der Waals surface area contributed by atoms with Crippen molar-refractivity contribution in [2.75, 3.05) is 31.8 Å². The molecule has 0 heterocycles. The second kappa shape index (κ2) is 6.75. The van der Waals surface area contributed by atoms with Crippen LogP contribution in [0.4, 0.5) is 5.69 Å². The van der Waals surface area contributed by atoms with Crippen LogP contribution in [0, 0.1) is 5.92 Å². The number of benzene rings is 1. The molecule has 0 aliphatic rings. The molecular formula is C12H19NOS. The van der Waals surface area contributed by atoms with E-state index in [4.69, 9.17) is 4.74 Å². The van der Waals surface area contributed by atoms with Gasteiger partial charge in [0.2, 0.25) is 0 Å². The lowest BCUT2D eigenvalue weighted by atomic mass is 10.2. The second-order valence-corrected chi connectivity index (χ2v) is 4.55. The van der Waals surface area contributed by atoms with E-state index in [0.29, 0.717) is 5.92 Å². The Kier molecular flexibility index (Phi) is 5.58. The van der Waals surface area contributed by atoms with E-state index in [2.05, 4.69) is 42.8 Å². The number of anilines is 1. The molecule has 0 bridgehead atoms. The van der Waals surface area contributed by atoms with Crippen molar-refractivity contribution < 1.29 is 4.74 Å². The van der Waals surface area contributed by atoms with Gasteiger partial charge in [0.1, 0.15) is 0 Å². The van der Waals surface area contributed by atoms with Crippen LogP contribution in [0.5, 0.6) is 0 Å². The third kappa shape index (κ3) is 4.58. The summed E-state index contributed by atoms with van der Waals surface area (Å²) in [5.74, 6) is 0.535. The molecule has 0 aliphatic heterocycles. The maximum atomic E-state index is 5.09. The normalized spacial score (nSPS) is 12.5. The van der Waals surface area contributed by atoms with Crippen LogP contribution in [0.25, 0.3) is 0 Å². The summed E-state index contributed by atoms with van der Waals surface area (Å²) in [6, 6.07) is 8.47. The first-order valence-corrected chi connectivity index (χ1v) is 6.35. The number of thioether (sulfide) groups is 1. The second-order valence-electron chi connectivity index (χ2n) is 3.67. The lowest BCUT2D eigenvalue weighted by Gasteiger charge is -2.12. The van der Waals surface area contributed by atoms with Gasteiger partial charge in [-0.25, -0.2) is 0 Å². The van der Waals surface area contributed by atoms with Crippen molar-refractivity contribution in [2.45, 2.75) is 11.8 Å². The molecule has 0 radical (unpaired) electrons. The summed E-state index contributed by atoms with van der Waals surface area (Å²) in [6.07, 6.45) is 2.09. The summed E-state index contributed by atoms with van der Waals surface area (Å²) in [6.45, 7) is 3.93. The molecule has 3 heteroatoms. The van der Waals surface area contributed by atoms with E-state index in [0.717, 1.165) is 13.2 Å². The van der Waals surface area contributed by atoms with Crippen LogP contribution in [0.3, 0.4) is 0 Å². The molecule has 15 heavy (non-hydrogen) atoms. The molecule has 1 aromatic rings. The summed E-state index contributed by atoms with van der Waals surface area (Å²) in [5.41, 5.74) is 1.19. The molecule has 1 unspecified atom stereocenters. The van der Waals surface area contributed by atoms with Gasteiger partial charge in [-0.2, -0.15) is 0 Å². The van der Waals surface area contributed by atoms with Gasteiger partial charge in [0, 0.05) is 24.2 Å². The Morgan fingerprint density at radius 2 is 2.27 bits per heavy atom. The fourth-order valence-electron chi connectivity index (χ4n) is 1.37. The Morgan fingerprint density at radius 3 is 2.93 bits per heavy atom. The Morgan fingerprint density at radius 1 is 1.47 bits per heavy atom. The van der Waals surface area contributed by atoms with Gasteiger partial charge in [-0.15, -0.1) is 11.8 Å². The minimum absolute atomic E-state index is 0.535. The minimum atomic E-state index is 0.535. The Bertz CT molecular complexity index is 291. The molecule has 0 saturated carbocycles. The summed E-state index contributed by atoms with van der Waals surface area (Å²) in [7, 11) is 1.74. The average molecular weight is 225 g/mol. The molecule has 0 saturated heterocycles. The zero-order chi connectivity index (χ0) is 11.1. The zero-order valence-electron chi connectivity index (χ0n) is 9.62. The van der Waals surface area contributed by atoms with Gasteiger partial charge in [0.15, 0.2) is 0 Å². The first kappa shape index (κ1) is 12.4. The van der Waals surface area contributed by atoms with Gasteiger partial charge in [-0.05, 0) is 30.4 Å². The first-order valence-electron chi connectivity index (χ1n) is 5.13. The molecular weight excluding hydrogens is 206 g/mol. The third-order valence-corrected chi connectivity index (χ3v) is 2.90. The number of nitrogens with one attached hydrogen (secondary N) is 1. The van der Waals surface area contributed by atoms with Crippen LogP contribution in [0.1, 0.15) is 6.92 Å². The van der Waals surface area contributed by atoms with Crippen LogP contribution in [0.15, 0.2) is 29.2 Å². The Labute approximate surface area is 96.4 Å². The molecule has 1 aromatic carbocycles. The van der Waals surface area contributed by atoms with Crippen LogP contribution in [-0.2, 0) is 4.74 Å². The monoisotopic (exact) mass is 225 g/mol. The van der Waals surface area contributed by atoms with Gasteiger partial charge in [-0.1, -0.05) is 13.0 Å². The van der Waals surface area contributed by atoms with Crippen molar-refractivity contribution in [1.82, 2.24) is 0 Å². The summed E-state index contributed by atoms with van der Waals surface area (Å²) < 4.78 is 5.09. The van der Waals surface area contributed by atoms with E-state index >= 15 is 0 Å². The van der Waals surface area contributed by atoms with Crippen LogP contribution >= 0.6 is 11.8 Å². The number of hydrogen-bond donors (Lipinski definition) is 1.